The van der Waals surface area contributed by atoms with E-state index in [0.29, 0.717) is 12.2 Å². The van der Waals surface area contributed by atoms with E-state index in [1.807, 2.05) is 6.92 Å². The number of hydrogen-bond acceptors (Lipinski definition) is 2. The summed E-state index contributed by atoms with van der Waals surface area (Å²) in [6.07, 6.45) is -5.30. The Kier molecular flexibility index (Phi) is 3.66. The first-order valence-corrected chi connectivity index (χ1v) is 5.86. The third-order valence-electron chi connectivity index (χ3n) is 2.86. The van der Waals surface area contributed by atoms with Gasteiger partial charge in [0.2, 0.25) is 0 Å². The van der Waals surface area contributed by atoms with Crippen molar-refractivity contribution in [1.82, 2.24) is 0 Å². The van der Waals surface area contributed by atoms with Crippen LogP contribution in [0, 0.1) is 0 Å². The van der Waals surface area contributed by atoms with E-state index in [1.54, 1.807) is 6.07 Å². The molecular formula is C14H13F3O2. The molecule has 0 bridgehead atoms. The lowest BCUT2D eigenvalue weighted by molar-refractivity contribution is -0.139. The molecule has 1 heterocycles. The Labute approximate surface area is 108 Å². The third kappa shape index (κ3) is 2.81. The minimum Gasteiger partial charge on any atom is -0.463 e. The van der Waals surface area contributed by atoms with Gasteiger partial charge in [0.05, 0.1) is 5.56 Å². The van der Waals surface area contributed by atoms with Crippen LogP contribution in [0.15, 0.2) is 40.8 Å². The van der Waals surface area contributed by atoms with Gasteiger partial charge in [0.1, 0.15) is 17.6 Å². The van der Waals surface area contributed by atoms with Crippen LogP contribution < -0.4 is 0 Å². The van der Waals surface area contributed by atoms with Crippen molar-refractivity contribution in [2.75, 3.05) is 0 Å². The Bertz CT molecular complexity index is 558. The smallest absolute Gasteiger partial charge is 0.416 e. The maximum atomic E-state index is 12.9. The molecule has 19 heavy (non-hydrogen) atoms. The number of alkyl halides is 3. The largest absolute Gasteiger partial charge is 0.463 e. The maximum Gasteiger partial charge on any atom is 0.416 e. The summed E-state index contributed by atoms with van der Waals surface area (Å²) in [5, 5.41) is 10.1. The molecule has 2 rings (SSSR count). The van der Waals surface area contributed by atoms with E-state index >= 15 is 0 Å². The SMILES string of the molecule is CCc1ccc(C(O)c2ccccc2C(F)(F)F)o1. The van der Waals surface area contributed by atoms with Crippen molar-refractivity contribution in [2.45, 2.75) is 25.6 Å². The minimum atomic E-state index is -4.50. The monoisotopic (exact) mass is 270 g/mol. The summed E-state index contributed by atoms with van der Waals surface area (Å²) in [7, 11) is 0. The summed E-state index contributed by atoms with van der Waals surface area (Å²) in [6.45, 7) is 1.86. The lowest BCUT2D eigenvalue weighted by atomic mass is 10.0. The van der Waals surface area contributed by atoms with Gasteiger partial charge in [-0.15, -0.1) is 0 Å². The van der Waals surface area contributed by atoms with E-state index in [0.717, 1.165) is 6.07 Å². The first-order chi connectivity index (χ1) is 8.93. The number of aliphatic hydroxyl groups is 1. The van der Waals surface area contributed by atoms with Gasteiger partial charge in [0.25, 0.3) is 0 Å². The minimum absolute atomic E-state index is 0.119. The molecule has 1 N–H and O–H groups in total. The van der Waals surface area contributed by atoms with Crippen molar-refractivity contribution in [3.05, 3.63) is 59.0 Å². The van der Waals surface area contributed by atoms with Crippen molar-refractivity contribution < 1.29 is 22.7 Å². The van der Waals surface area contributed by atoms with E-state index in [1.165, 1.54) is 24.3 Å². The van der Waals surface area contributed by atoms with Crippen LogP contribution in [0.5, 0.6) is 0 Å². The average Bonchev–Trinajstić information content (AvgIpc) is 2.85. The summed E-state index contributed by atoms with van der Waals surface area (Å²) >= 11 is 0. The summed E-state index contributed by atoms with van der Waals surface area (Å²) in [5.74, 6) is 0.743. The molecular weight excluding hydrogens is 257 g/mol. The fraction of sp³-hybridized carbons (Fsp3) is 0.286. The summed E-state index contributed by atoms with van der Waals surface area (Å²) in [5.41, 5.74) is -1.05. The molecule has 1 atom stereocenters. The van der Waals surface area contributed by atoms with Crippen LogP contribution in [-0.2, 0) is 12.6 Å². The van der Waals surface area contributed by atoms with Gasteiger partial charge >= 0.3 is 6.18 Å². The zero-order valence-corrected chi connectivity index (χ0v) is 10.2. The molecule has 0 spiro atoms. The summed E-state index contributed by atoms with van der Waals surface area (Å²) < 4.78 is 43.9. The third-order valence-corrected chi connectivity index (χ3v) is 2.86. The van der Waals surface area contributed by atoms with Crippen molar-refractivity contribution >= 4 is 0 Å². The van der Waals surface area contributed by atoms with Gasteiger partial charge in [-0.3, -0.25) is 0 Å². The standard InChI is InChI=1S/C14H13F3O2/c1-2-9-7-8-12(19-9)13(18)10-5-3-4-6-11(10)14(15,16)17/h3-8,13,18H,2H2,1H3. The normalized spacial score (nSPS) is 13.5. The van der Waals surface area contributed by atoms with Gasteiger partial charge in [-0.1, -0.05) is 25.1 Å². The molecule has 0 fully saturated rings. The Morgan fingerprint density at radius 3 is 2.42 bits per heavy atom. The van der Waals surface area contributed by atoms with Crippen molar-refractivity contribution in [2.24, 2.45) is 0 Å². The fourth-order valence-electron chi connectivity index (χ4n) is 1.88. The lowest BCUT2D eigenvalue weighted by Gasteiger charge is -2.15. The Hall–Kier alpha value is -1.75. The molecule has 2 aromatic rings. The Morgan fingerprint density at radius 2 is 1.84 bits per heavy atom. The molecule has 0 saturated carbocycles. The highest BCUT2D eigenvalue weighted by Crippen LogP contribution is 2.36. The second-order valence-electron chi connectivity index (χ2n) is 4.15. The highest BCUT2D eigenvalue weighted by molar-refractivity contribution is 5.35. The van der Waals surface area contributed by atoms with E-state index in [4.69, 9.17) is 4.42 Å². The predicted molar refractivity (Wildman–Crippen MR) is 63.6 cm³/mol. The number of aryl methyl sites for hydroxylation is 1. The van der Waals surface area contributed by atoms with Crippen molar-refractivity contribution in [3.63, 3.8) is 0 Å². The molecule has 0 aliphatic carbocycles. The zero-order chi connectivity index (χ0) is 14.0. The van der Waals surface area contributed by atoms with Gasteiger partial charge in [0, 0.05) is 12.0 Å². The van der Waals surface area contributed by atoms with Crippen LogP contribution in [0.25, 0.3) is 0 Å². The quantitative estimate of drug-likeness (QED) is 0.916. The second kappa shape index (κ2) is 5.09. The van der Waals surface area contributed by atoms with Crippen LogP contribution in [0.1, 0.15) is 35.7 Å². The molecule has 5 heteroatoms. The van der Waals surface area contributed by atoms with Crippen molar-refractivity contribution in [3.8, 4) is 0 Å². The van der Waals surface area contributed by atoms with Crippen molar-refractivity contribution in [1.29, 1.82) is 0 Å². The second-order valence-corrected chi connectivity index (χ2v) is 4.15. The van der Waals surface area contributed by atoms with E-state index in [-0.39, 0.29) is 11.3 Å². The predicted octanol–water partition coefficient (Wildman–Crippen LogP) is 3.94. The van der Waals surface area contributed by atoms with Crippen LogP contribution in [0.2, 0.25) is 0 Å². The maximum absolute atomic E-state index is 12.9. The number of halogens is 3. The number of aliphatic hydroxyl groups excluding tert-OH is 1. The summed E-state index contributed by atoms with van der Waals surface area (Å²) in [6, 6.07) is 8.09. The number of benzene rings is 1. The Balaban J connectivity index is 2.41. The molecule has 0 saturated heterocycles. The molecule has 0 radical (unpaired) electrons. The first-order valence-electron chi connectivity index (χ1n) is 5.86. The molecule has 102 valence electrons. The number of furan rings is 1. The molecule has 2 nitrogen and oxygen atoms in total. The van der Waals surface area contributed by atoms with Gasteiger partial charge in [0.15, 0.2) is 0 Å². The highest BCUT2D eigenvalue weighted by Gasteiger charge is 2.35. The van der Waals surface area contributed by atoms with Crippen LogP contribution in [-0.4, -0.2) is 5.11 Å². The van der Waals surface area contributed by atoms with Crippen LogP contribution in [0.4, 0.5) is 13.2 Å². The summed E-state index contributed by atoms with van der Waals surface area (Å²) in [4.78, 5) is 0. The van der Waals surface area contributed by atoms with E-state index < -0.39 is 17.8 Å². The zero-order valence-electron chi connectivity index (χ0n) is 10.2. The fourth-order valence-corrected chi connectivity index (χ4v) is 1.88. The number of hydrogen-bond donors (Lipinski definition) is 1. The molecule has 0 aliphatic rings. The number of rotatable bonds is 3. The topological polar surface area (TPSA) is 33.4 Å². The molecule has 1 aromatic heterocycles. The average molecular weight is 270 g/mol. The van der Waals surface area contributed by atoms with Crippen LogP contribution in [0.3, 0.4) is 0 Å². The van der Waals surface area contributed by atoms with Gasteiger partial charge < -0.3 is 9.52 Å². The van der Waals surface area contributed by atoms with Gasteiger partial charge in [-0.25, -0.2) is 0 Å². The molecule has 1 aromatic carbocycles. The molecule has 1 unspecified atom stereocenters. The Morgan fingerprint density at radius 1 is 1.16 bits per heavy atom. The molecule has 0 aliphatic heterocycles. The highest BCUT2D eigenvalue weighted by atomic mass is 19.4. The van der Waals surface area contributed by atoms with Gasteiger partial charge in [-0.2, -0.15) is 13.2 Å². The van der Waals surface area contributed by atoms with Gasteiger partial charge in [-0.05, 0) is 18.2 Å². The lowest BCUT2D eigenvalue weighted by Crippen LogP contribution is -2.12. The first kappa shape index (κ1) is 13.7. The van der Waals surface area contributed by atoms with E-state index in [2.05, 4.69) is 0 Å². The molecule has 0 amide bonds. The van der Waals surface area contributed by atoms with Crippen LogP contribution >= 0.6 is 0 Å². The van der Waals surface area contributed by atoms with E-state index in [9.17, 15) is 18.3 Å².